The zero-order valence-corrected chi connectivity index (χ0v) is 13.2. The summed E-state index contributed by atoms with van der Waals surface area (Å²) in [5, 5.41) is 10.1. The predicted octanol–water partition coefficient (Wildman–Crippen LogP) is 4.02. The summed E-state index contributed by atoms with van der Waals surface area (Å²) in [7, 11) is 0. The highest BCUT2D eigenvalue weighted by Gasteiger charge is 2.35. The third-order valence-electron chi connectivity index (χ3n) is 4.30. The molecule has 0 fully saturated rings. The molecular formula is C20H19N3. The molecule has 0 spiro atoms. The minimum Gasteiger partial charge on any atom is -0.349 e. The molecule has 1 N–H and O–H groups in total. The molecule has 1 heterocycles. The van der Waals surface area contributed by atoms with E-state index in [1.54, 1.807) is 12.4 Å². The van der Waals surface area contributed by atoms with Crippen LogP contribution in [0.2, 0.25) is 0 Å². The molecule has 3 rings (SSSR count). The molecule has 0 bridgehead atoms. The van der Waals surface area contributed by atoms with Crippen LogP contribution in [0.15, 0.2) is 67.0 Å². The summed E-state index contributed by atoms with van der Waals surface area (Å²) in [6.07, 6.45) is 5.03. The molecular weight excluding hydrogens is 282 g/mol. The Morgan fingerprint density at radius 1 is 1.04 bits per heavy atom. The fourth-order valence-corrected chi connectivity index (χ4v) is 2.93. The third-order valence-corrected chi connectivity index (χ3v) is 4.30. The van der Waals surface area contributed by atoms with Crippen LogP contribution in [-0.2, 0) is 18.3 Å². The number of aromatic amines is 1. The van der Waals surface area contributed by atoms with E-state index in [0.29, 0.717) is 6.42 Å². The van der Waals surface area contributed by atoms with Gasteiger partial charge in [0.05, 0.1) is 6.07 Å². The minimum atomic E-state index is -0.745. The van der Waals surface area contributed by atoms with Crippen molar-refractivity contribution in [3.8, 4) is 6.07 Å². The van der Waals surface area contributed by atoms with Gasteiger partial charge < -0.3 is 4.98 Å². The van der Waals surface area contributed by atoms with Gasteiger partial charge in [-0.3, -0.25) is 0 Å². The van der Waals surface area contributed by atoms with Gasteiger partial charge in [0.2, 0.25) is 0 Å². The van der Waals surface area contributed by atoms with E-state index in [1.165, 1.54) is 5.56 Å². The van der Waals surface area contributed by atoms with E-state index >= 15 is 0 Å². The first-order chi connectivity index (χ1) is 11.3. The quantitative estimate of drug-likeness (QED) is 0.773. The van der Waals surface area contributed by atoms with Gasteiger partial charge in [0.15, 0.2) is 0 Å². The molecule has 3 heteroatoms. The van der Waals surface area contributed by atoms with E-state index in [2.05, 4.69) is 47.2 Å². The molecule has 1 unspecified atom stereocenters. The summed E-state index contributed by atoms with van der Waals surface area (Å²) < 4.78 is 0. The van der Waals surface area contributed by atoms with Gasteiger partial charge in [0, 0.05) is 18.8 Å². The maximum Gasteiger partial charge on any atom is 0.114 e. The van der Waals surface area contributed by atoms with Crippen molar-refractivity contribution in [2.24, 2.45) is 0 Å². The number of aromatic nitrogens is 2. The SMILES string of the molecule is CCc1ccc(C(C#N)(Cc2ncc[nH]2)c2ccccc2)cc1. The largest absolute Gasteiger partial charge is 0.349 e. The molecule has 0 saturated heterocycles. The van der Waals surface area contributed by atoms with Gasteiger partial charge in [-0.2, -0.15) is 5.26 Å². The summed E-state index contributed by atoms with van der Waals surface area (Å²) in [5.74, 6) is 0.815. The van der Waals surface area contributed by atoms with E-state index in [1.807, 2.05) is 30.3 Å². The molecule has 0 saturated carbocycles. The Morgan fingerprint density at radius 3 is 2.30 bits per heavy atom. The first kappa shape index (κ1) is 15.1. The zero-order valence-electron chi connectivity index (χ0n) is 13.2. The van der Waals surface area contributed by atoms with Crippen LogP contribution in [0, 0.1) is 11.3 Å². The van der Waals surface area contributed by atoms with Crippen molar-refractivity contribution in [3.05, 3.63) is 89.5 Å². The van der Waals surface area contributed by atoms with Crippen LogP contribution in [0.1, 0.15) is 29.4 Å². The minimum absolute atomic E-state index is 0.520. The number of nitriles is 1. The van der Waals surface area contributed by atoms with Gasteiger partial charge in [-0.25, -0.2) is 4.98 Å². The second-order valence-electron chi connectivity index (χ2n) is 5.65. The molecule has 114 valence electrons. The van der Waals surface area contributed by atoms with Crippen molar-refractivity contribution >= 4 is 0 Å². The Bertz CT molecular complexity index is 783. The lowest BCUT2D eigenvalue weighted by Crippen LogP contribution is -2.29. The summed E-state index contributed by atoms with van der Waals surface area (Å²) in [4.78, 5) is 7.45. The standard InChI is InChI=1S/C20H19N3/c1-2-16-8-10-18(11-9-16)20(15-21,14-19-22-12-13-23-19)17-6-4-3-5-7-17/h3-13H,2,14H2,1H3,(H,22,23). The van der Waals surface area contributed by atoms with Gasteiger partial charge in [-0.05, 0) is 23.1 Å². The van der Waals surface area contributed by atoms with Crippen molar-refractivity contribution < 1.29 is 0 Å². The van der Waals surface area contributed by atoms with Crippen LogP contribution in [-0.4, -0.2) is 9.97 Å². The number of rotatable bonds is 5. The highest BCUT2D eigenvalue weighted by molar-refractivity contribution is 5.47. The van der Waals surface area contributed by atoms with E-state index in [4.69, 9.17) is 0 Å². The van der Waals surface area contributed by atoms with Gasteiger partial charge in [0.1, 0.15) is 11.2 Å². The molecule has 1 atom stereocenters. The van der Waals surface area contributed by atoms with Crippen LogP contribution in [0.3, 0.4) is 0 Å². The summed E-state index contributed by atoms with van der Waals surface area (Å²) in [6.45, 7) is 2.13. The second kappa shape index (κ2) is 6.50. The van der Waals surface area contributed by atoms with Crippen LogP contribution in [0.25, 0.3) is 0 Å². The van der Waals surface area contributed by atoms with Crippen LogP contribution in [0.4, 0.5) is 0 Å². The number of hydrogen-bond donors (Lipinski definition) is 1. The lowest BCUT2D eigenvalue weighted by molar-refractivity contribution is 0.631. The average molecular weight is 301 g/mol. The van der Waals surface area contributed by atoms with Gasteiger partial charge in [0.25, 0.3) is 0 Å². The Labute approximate surface area is 136 Å². The number of benzene rings is 2. The molecule has 3 aromatic rings. The lowest BCUT2D eigenvalue weighted by Gasteiger charge is -2.27. The van der Waals surface area contributed by atoms with E-state index in [0.717, 1.165) is 23.4 Å². The predicted molar refractivity (Wildman–Crippen MR) is 90.9 cm³/mol. The number of hydrogen-bond acceptors (Lipinski definition) is 2. The first-order valence-electron chi connectivity index (χ1n) is 7.83. The Kier molecular flexibility index (Phi) is 4.25. The maximum atomic E-state index is 10.1. The normalized spacial score (nSPS) is 13.2. The van der Waals surface area contributed by atoms with E-state index in [9.17, 15) is 5.26 Å². The van der Waals surface area contributed by atoms with Crippen molar-refractivity contribution in [1.29, 1.82) is 5.26 Å². The van der Waals surface area contributed by atoms with Gasteiger partial charge >= 0.3 is 0 Å². The highest BCUT2D eigenvalue weighted by Crippen LogP contribution is 2.35. The molecule has 0 aliphatic carbocycles. The lowest BCUT2D eigenvalue weighted by atomic mass is 9.73. The molecule has 3 nitrogen and oxygen atoms in total. The first-order valence-corrected chi connectivity index (χ1v) is 7.83. The van der Waals surface area contributed by atoms with Crippen molar-refractivity contribution in [2.75, 3.05) is 0 Å². The number of aryl methyl sites for hydroxylation is 1. The van der Waals surface area contributed by atoms with Crippen molar-refractivity contribution in [1.82, 2.24) is 9.97 Å². The Hall–Kier alpha value is -2.86. The number of nitrogens with zero attached hydrogens (tertiary/aromatic N) is 2. The number of imidazole rings is 1. The fourth-order valence-electron chi connectivity index (χ4n) is 2.93. The fraction of sp³-hybridized carbons (Fsp3) is 0.200. The van der Waals surface area contributed by atoms with Crippen molar-refractivity contribution in [3.63, 3.8) is 0 Å². The van der Waals surface area contributed by atoms with Gasteiger partial charge in [-0.1, -0.05) is 61.5 Å². The molecule has 0 aliphatic heterocycles. The van der Waals surface area contributed by atoms with Crippen molar-refractivity contribution in [2.45, 2.75) is 25.2 Å². The van der Waals surface area contributed by atoms with Crippen LogP contribution in [0.5, 0.6) is 0 Å². The number of nitrogens with one attached hydrogen (secondary N) is 1. The monoisotopic (exact) mass is 301 g/mol. The molecule has 2 aromatic carbocycles. The molecule has 0 radical (unpaired) electrons. The highest BCUT2D eigenvalue weighted by atomic mass is 14.9. The molecule has 0 aliphatic rings. The third kappa shape index (κ3) is 2.89. The van der Waals surface area contributed by atoms with E-state index in [-0.39, 0.29) is 0 Å². The topological polar surface area (TPSA) is 52.5 Å². The average Bonchev–Trinajstić information content (AvgIpc) is 3.13. The number of H-pyrrole nitrogens is 1. The van der Waals surface area contributed by atoms with Crippen LogP contribution < -0.4 is 0 Å². The smallest absolute Gasteiger partial charge is 0.114 e. The molecule has 1 aromatic heterocycles. The summed E-state index contributed by atoms with van der Waals surface area (Å²) in [6, 6.07) is 20.9. The Balaban J connectivity index is 2.13. The van der Waals surface area contributed by atoms with E-state index < -0.39 is 5.41 Å². The molecule has 23 heavy (non-hydrogen) atoms. The molecule has 0 amide bonds. The summed E-state index contributed by atoms with van der Waals surface area (Å²) in [5.41, 5.74) is 2.51. The van der Waals surface area contributed by atoms with Gasteiger partial charge in [-0.15, -0.1) is 0 Å². The summed E-state index contributed by atoms with van der Waals surface area (Å²) >= 11 is 0. The zero-order chi connectivity index (χ0) is 16.1. The second-order valence-corrected chi connectivity index (χ2v) is 5.65. The Morgan fingerprint density at radius 2 is 1.74 bits per heavy atom. The van der Waals surface area contributed by atoms with Crippen LogP contribution >= 0.6 is 0 Å². The maximum absolute atomic E-state index is 10.1.